The lowest BCUT2D eigenvalue weighted by Crippen LogP contribution is -2.22. The van der Waals surface area contributed by atoms with Crippen LogP contribution < -0.4 is 11.1 Å². The molecule has 0 spiro atoms. The van der Waals surface area contributed by atoms with Gasteiger partial charge < -0.3 is 16.0 Å². The average Bonchev–Trinajstić information content (AvgIpc) is 3.16. The van der Waals surface area contributed by atoms with Crippen LogP contribution in [0.15, 0.2) is 66.9 Å². The number of fused-ring (bicyclic) bond motifs is 1. The summed E-state index contributed by atoms with van der Waals surface area (Å²) >= 11 is 0. The highest BCUT2D eigenvalue weighted by atomic mass is 16.1. The number of H-pyrrole nitrogens is 1. The van der Waals surface area contributed by atoms with Gasteiger partial charge >= 0.3 is 0 Å². The molecule has 1 amide bonds. The number of carbonyl (C=O) groups excluding carboxylic acids is 1. The zero-order valence-corrected chi connectivity index (χ0v) is 14.9. The second-order valence-corrected chi connectivity index (χ2v) is 6.33. The fourth-order valence-corrected chi connectivity index (χ4v) is 2.85. The zero-order valence-electron chi connectivity index (χ0n) is 14.9. The number of carbonyl (C=O) groups is 1. The lowest BCUT2D eigenvalue weighted by Gasteiger charge is -2.05. The Bertz CT molecular complexity index is 1150. The van der Waals surface area contributed by atoms with E-state index in [1.807, 2.05) is 30.3 Å². The molecular weight excluding hydrogens is 352 g/mol. The molecule has 7 heteroatoms. The summed E-state index contributed by atoms with van der Waals surface area (Å²) in [5.41, 5.74) is 9.82. The van der Waals surface area contributed by atoms with Crippen molar-refractivity contribution in [3.63, 3.8) is 0 Å². The van der Waals surface area contributed by atoms with Gasteiger partial charge in [0.05, 0.1) is 16.6 Å². The Morgan fingerprint density at radius 3 is 2.57 bits per heavy atom. The molecule has 0 saturated heterocycles. The Hall–Kier alpha value is -4.00. The van der Waals surface area contributed by atoms with Crippen LogP contribution in [-0.2, 0) is 6.54 Å². The molecule has 0 aliphatic rings. The van der Waals surface area contributed by atoms with Crippen LogP contribution in [0, 0.1) is 5.41 Å². The molecule has 0 atom stereocenters. The van der Waals surface area contributed by atoms with Crippen molar-refractivity contribution < 1.29 is 4.79 Å². The van der Waals surface area contributed by atoms with Crippen LogP contribution in [0.4, 0.5) is 0 Å². The summed E-state index contributed by atoms with van der Waals surface area (Å²) in [5, 5.41) is 10.4. The molecule has 0 aliphatic heterocycles. The monoisotopic (exact) mass is 370 g/mol. The molecule has 0 saturated carbocycles. The van der Waals surface area contributed by atoms with Crippen molar-refractivity contribution in [1.29, 1.82) is 5.41 Å². The van der Waals surface area contributed by atoms with E-state index in [-0.39, 0.29) is 11.7 Å². The second kappa shape index (κ2) is 7.32. The predicted octanol–water partition coefficient (Wildman–Crippen LogP) is 2.84. The first-order chi connectivity index (χ1) is 13.6. The Kier molecular flexibility index (Phi) is 4.55. The van der Waals surface area contributed by atoms with Crippen molar-refractivity contribution in [2.45, 2.75) is 6.54 Å². The second-order valence-electron chi connectivity index (χ2n) is 6.33. The van der Waals surface area contributed by atoms with E-state index in [1.165, 1.54) is 6.20 Å². The number of imidazole rings is 1. The fraction of sp³-hybridized carbons (Fsp3) is 0.0476. The quantitative estimate of drug-likeness (QED) is 0.319. The number of nitrogens with one attached hydrogen (secondary N) is 3. The van der Waals surface area contributed by atoms with Gasteiger partial charge in [-0.3, -0.25) is 15.2 Å². The molecule has 0 unspecified atom stereocenters. The van der Waals surface area contributed by atoms with Crippen molar-refractivity contribution in [1.82, 2.24) is 20.3 Å². The number of pyridine rings is 1. The minimum Gasteiger partial charge on any atom is -0.384 e. The van der Waals surface area contributed by atoms with E-state index in [0.29, 0.717) is 29.2 Å². The number of amides is 1. The van der Waals surface area contributed by atoms with Crippen molar-refractivity contribution in [3.8, 4) is 11.5 Å². The van der Waals surface area contributed by atoms with Crippen LogP contribution in [0.25, 0.3) is 22.6 Å². The summed E-state index contributed by atoms with van der Waals surface area (Å²) in [6, 6.07) is 18.5. The summed E-state index contributed by atoms with van der Waals surface area (Å²) in [5.74, 6) is 0.410. The highest BCUT2D eigenvalue weighted by Gasteiger charge is 2.10. The van der Waals surface area contributed by atoms with Gasteiger partial charge in [0.25, 0.3) is 5.91 Å². The van der Waals surface area contributed by atoms with Crippen LogP contribution >= 0.6 is 0 Å². The van der Waals surface area contributed by atoms with E-state index >= 15 is 0 Å². The normalized spacial score (nSPS) is 10.7. The first-order valence-corrected chi connectivity index (χ1v) is 8.73. The van der Waals surface area contributed by atoms with E-state index < -0.39 is 0 Å². The molecule has 0 aliphatic carbocycles. The van der Waals surface area contributed by atoms with E-state index in [2.05, 4.69) is 20.3 Å². The smallest absolute Gasteiger partial charge is 0.253 e. The Morgan fingerprint density at radius 1 is 1.07 bits per heavy atom. The van der Waals surface area contributed by atoms with Gasteiger partial charge in [-0.2, -0.15) is 0 Å². The van der Waals surface area contributed by atoms with Gasteiger partial charge in [0, 0.05) is 18.3 Å². The summed E-state index contributed by atoms with van der Waals surface area (Å²) in [4.78, 5) is 24.3. The van der Waals surface area contributed by atoms with Gasteiger partial charge in [-0.1, -0.05) is 30.3 Å². The number of aromatic amines is 1. The maximum absolute atomic E-state index is 12.3. The third-order valence-electron chi connectivity index (χ3n) is 4.36. The van der Waals surface area contributed by atoms with Crippen LogP contribution in [0.5, 0.6) is 0 Å². The predicted molar refractivity (Wildman–Crippen MR) is 108 cm³/mol. The fourth-order valence-electron chi connectivity index (χ4n) is 2.85. The first kappa shape index (κ1) is 17.4. The number of aromatic nitrogens is 3. The Morgan fingerprint density at radius 2 is 1.86 bits per heavy atom. The largest absolute Gasteiger partial charge is 0.384 e. The lowest BCUT2D eigenvalue weighted by molar-refractivity contribution is 0.0950. The van der Waals surface area contributed by atoms with Crippen molar-refractivity contribution >= 4 is 22.8 Å². The SMILES string of the molecule is N=C(N)c1ccc2nc(-c3ccc(C(=O)NCc4ccccc4)cn3)[nH]c2c1. The molecule has 0 fully saturated rings. The number of nitrogens with zero attached hydrogens (tertiary/aromatic N) is 2. The molecule has 2 heterocycles. The third-order valence-corrected chi connectivity index (χ3v) is 4.36. The molecule has 4 aromatic rings. The average molecular weight is 370 g/mol. The summed E-state index contributed by atoms with van der Waals surface area (Å²) in [6.07, 6.45) is 1.53. The van der Waals surface area contributed by atoms with Gasteiger partial charge in [0.1, 0.15) is 11.5 Å². The lowest BCUT2D eigenvalue weighted by atomic mass is 10.2. The number of hydrogen-bond acceptors (Lipinski definition) is 4. The molecule has 5 N–H and O–H groups in total. The molecule has 0 radical (unpaired) electrons. The molecule has 7 nitrogen and oxygen atoms in total. The van der Waals surface area contributed by atoms with Gasteiger partial charge in [-0.05, 0) is 35.9 Å². The van der Waals surface area contributed by atoms with Gasteiger partial charge in [0.15, 0.2) is 5.82 Å². The first-order valence-electron chi connectivity index (χ1n) is 8.73. The van der Waals surface area contributed by atoms with E-state index in [4.69, 9.17) is 11.1 Å². The highest BCUT2D eigenvalue weighted by molar-refractivity contribution is 5.98. The van der Waals surface area contributed by atoms with Crippen molar-refractivity contribution in [2.75, 3.05) is 0 Å². The number of amidine groups is 1. The molecule has 2 aromatic heterocycles. The molecule has 0 bridgehead atoms. The van der Waals surface area contributed by atoms with Crippen LogP contribution in [0.2, 0.25) is 0 Å². The molecule has 2 aromatic carbocycles. The molecular formula is C21H18N6O. The summed E-state index contributed by atoms with van der Waals surface area (Å²) < 4.78 is 0. The number of rotatable bonds is 5. The van der Waals surface area contributed by atoms with Crippen LogP contribution in [0.3, 0.4) is 0 Å². The van der Waals surface area contributed by atoms with Gasteiger partial charge in [-0.25, -0.2) is 4.98 Å². The van der Waals surface area contributed by atoms with Crippen molar-refractivity contribution in [3.05, 3.63) is 83.6 Å². The number of nitrogen functional groups attached to an aromatic ring is 1. The molecule has 138 valence electrons. The Balaban J connectivity index is 1.50. The summed E-state index contributed by atoms with van der Waals surface area (Å²) in [7, 11) is 0. The minimum absolute atomic E-state index is 0.00189. The Labute approximate surface area is 161 Å². The minimum atomic E-state index is -0.182. The maximum atomic E-state index is 12.3. The van der Waals surface area contributed by atoms with Crippen LogP contribution in [0.1, 0.15) is 21.5 Å². The van der Waals surface area contributed by atoms with E-state index in [1.54, 1.807) is 30.3 Å². The number of benzene rings is 2. The number of nitrogens with two attached hydrogens (primary N) is 1. The van der Waals surface area contributed by atoms with Gasteiger partial charge in [-0.15, -0.1) is 0 Å². The summed E-state index contributed by atoms with van der Waals surface area (Å²) in [6.45, 7) is 0.462. The topological polar surface area (TPSA) is 121 Å². The van der Waals surface area contributed by atoms with Crippen molar-refractivity contribution in [2.24, 2.45) is 5.73 Å². The molecule has 28 heavy (non-hydrogen) atoms. The highest BCUT2D eigenvalue weighted by Crippen LogP contribution is 2.20. The van der Waals surface area contributed by atoms with Crippen LogP contribution in [-0.4, -0.2) is 26.7 Å². The number of hydrogen-bond donors (Lipinski definition) is 4. The molecule has 4 rings (SSSR count). The van der Waals surface area contributed by atoms with Gasteiger partial charge in [0.2, 0.25) is 0 Å². The maximum Gasteiger partial charge on any atom is 0.253 e. The third kappa shape index (κ3) is 3.59. The zero-order chi connectivity index (χ0) is 19.5. The van der Waals surface area contributed by atoms with E-state index in [0.717, 1.165) is 16.6 Å². The standard InChI is InChI=1S/C21H18N6O/c22-19(23)14-6-8-16-18(10-14)27-20(26-16)17-9-7-15(12-24-17)21(28)25-11-13-4-2-1-3-5-13/h1-10,12H,11H2,(H3,22,23)(H,25,28)(H,26,27). The van der Waals surface area contributed by atoms with E-state index in [9.17, 15) is 4.79 Å².